The van der Waals surface area contributed by atoms with Gasteiger partial charge < -0.3 is 18.9 Å². The molecule has 49 heavy (non-hydrogen) atoms. The third-order valence-electron chi connectivity index (χ3n) is 7.86. The van der Waals surface area contributed by atoms with Gasteiger partial charge in [0.05, 0.1) is 0 Å². The average molecular weight is 745 g/mol. The van der Waals surface area contributed by atoms with Crippen molar-refractivity contribution in [3.63, 3.8) is 0 Å². The molecule has 4 aromatic rings. The predicted octanol–water partition coefficient (Wildman–Crippen LogP) is 8.48. The second kappa shape index (κ2) is 21.7. The van der Waals surface area contributed by atoms with Gasteiger partial charge in [0.1, 0.15) is 31.8 Å². The Morgan fingerprint density at radius 1 is 0.429 bits per heavy atom. The van der Waals surface area contributed by atoms with Crippen molar-refractivity contribution in [2.24, 2.45) is 5.41 Å². The van der Waals surface area contributed by atoms with E-state index in [-0.39, 0.29) is 52.1 Å². The summed E-state index contributed by atoms with van der Waals surface area (Å²) >= 11 is 6.43. The lowest BCUT2D eigenvalue weighted by Crippen LogP contribution is -2.44. The molecule has 0 saturated carbocycles. The third-order valence-corrected chi connectivity index (χ3v) is 10.8. The van der Waals surface area contributed by atoms with E-state index in [0.29, 0.717) is 25.7 Å². The summed E-state index contributed by atoms with van der Waals surface area (Å²) < 4.78 is 22.8. The van der Waals surface area contributed by atoms with Gasteiger partial charge in [-0.1, -0.05) is 0 Å². The molecule has 0 aliphatic carbocycles. The van der Waals surface area contributed by atoms with Crippen molar-refractivity contribution in [2.45, 2.75) is 77.0 Å². The van der Waals surface area contributed by atoms with E-state index in [1.54, 1.807) is 45.3 Å². The number of aryl methyl sites for hydroxylation is 4. The van der Waals surface area contributed by atoms with Crippen LogP contribution in [0.15, 0.2) is 67.3 Å². The van der Waals surface area contributed by atoms with Crippen LogP contribution in [0, 0.1) is 5.41 Å². The fourth-order valence-corrected chi connectivity index (χ4v) is 7.77. The minimum Gasteiger partial charge on any atom is -0.465 e. The Morgan fingerprint density at radius 2 is 0.673 bits per heavy atom. The molecule has 0 amide bonds. The molecule has 0 saturated heterocycles. The summed E-state index contributed by atoms with van der Waals surface area (Å²) in [4.78, 5) is 51.4. The second-order valence-electron chi connectivity index (χ2n) is 12.1. The lowest BCUT2D eigenvalue weighted by Gasteiger charge is -2.31. The molecule has 0 unspecified atom stereocenters. The van der Waals surface area contributed by atoms with Gasteiger partial charge in [-0.05, 0) is 141 Å². The number of ether oxygens (including phenoxy) is 4. The highest BCUT2D eigenvalue weighted by atomic mass is 32.1. The van der Waals surface area contributed by atoms with Gasteiger partial charge in [0.15, 0.2) is 0 Å². The fraction of sp³-hybridized carbons (Fsp3) is 0.459. The highest BCUT2D eigenvalue weighted by Gasteiger charge is 2.38. The topological polar surface area (TPSA) is 105 Å². The van der Waals surface area contributed by atoms with E-state index in [1.807, 2.05) is 45.8 Å². The molecule has 0 aromatic carbocycles. The van der Waals surface area contributed by atoms with Crippen LogP contribution in [0.5, 0.6) is 0 Å². The van der Waals surface area contributed by atoms with Crippen LogP contribution in [0.2, 0.25) is 0 Å². The van der Waals surface area contributed by atoms with E-state index in [4.69, 9.17) is 18.9 Å². The summed E-state index contributed by atoms with van der Waals surface area (Å²) in [7, 11) is 0. The van der Waals surface area contributed by atoms with Gasteiger partial charge in [0.2, 0.25) is 0 Å². The van der Waals surface area contributed by atoms with Gasteiger partial charge in [0, 0.05) is 25.7 Å². The van der Waals surface area contributed by atoms with Crippen molar-refractivity contribution in [1.29, 1.82) is 0 Å². The number of hydrogen-bond acceptors (Lipinski definition) is 12. The number of carbonyl (C=O) groups excluding carboxylic acids is 4. The van der Waals surface area contributed by atoms with Gasteiger partial charge >= 0.3 is 23.9 Å². The van der Waals surface area contributed by atoms with Gasteiger partial charge in [-0.3, -0.25) is 19.2 Å². The molecule has 8 nitrogen and oxygen atoms in total. The van der Waals surface area contributed by atoms with E-state index >= 15 is 0 Å². The standard InChI is InChI=1S/C37H44O8S4/c38-33(9-1-5-29-13-17-46-21-29)42-25-37(26-43-34(39)10-2-6-30-14-18-47-22-30,27-44-35(40)11-3-7-31-15-19-48-23-31)28-45-36(41)12-4-8-32-16-20-49-24-32/h13-24H,1-12,25-28H2. The SMILES string of the molecule is O=C(CCCc1ccsc1)OCC(COC(=O)CCCc1ccsc1)(COC(=O)CCCc1ccsc1)COC(=O)CCCc1ccsc1. The molecule has 0 N–H and O–H groups in total. The van der Waals surface area contributed by atoms with E-state index < -0.39 is 29.3 Å². The maximum absolute atomic E-state index is 12.9. The number of rotatable bonds is 24. The van der Waals surface area contributed by atoms with E-state index in [0.717, 1.165) is 47.9 Å². The molecule has 0 radical (unpaired) electrons. The Kier molecular flexibility index (Phi) is 17.0. The summed E-state index contributed by atoms with van der Waals surface area (Å²) in [5.74, 6) is -1.70. The maximum Gasteiger partial charge on any atom is 0.305 e. The normalized spacial score (nSPS) is 11.3. The third kappa shape index (κ3) is 15.4. The van der Waals surface area contributed by atoms with E-state index in [1.165, 1.54) is 0 Å². The minimum atomic E-state index is -1.27. The van der Waals surface area contributed by atoms with Crippen molar-refractivity contribution in [3.8, 4) is 0 Å². The van der Waals surface area contributed by atoms with Crippen LogP contribution >= 0.6 is 45.3 Å². The molecule has 12 heteroatoms. The Balaban J connectivity index is 1.37. The Labute approximate surface area is 304 Å². The highest BCUT2D eigenvalue weighted by Crippen LogP contribution is 2.24. The van der Waals surface area contributed by atoms with Gasteiger partial charge in [-0.25, -0.2) is 0 Å². The molecule has 4 heterocycles. The molecular weight excluding hydrogens is 701 g/mol. The van der Waals surface area contributed by atoms with Crippen molar-refractivity contribution in [1.82, 2.24) is 0 Å². The van der Waals surface area contributed by atoms with E-state index in [9.17, 15) is 19.2 Å². The number of thiophene rings is 4. The van der Waals surface area contributed by atoms with Crippen molar-refractivity contribution < 1.29 is 38.1 Å². The minimum absolute atomic E-state index is 0.193. The van der Waals surface area contributed by atoms with Crippen LogP contribution in [-0.2, 0) is 63.8 Å². The summed E-state index contributed by atoms with van der Waals surface area (Å²) in [5, 5.41) is 16.2. The van der Waals surface area contributed by atoms with Crippen LogP contribution in [0.1, 0.15) is 73.6 Å². The van der Waals surface area contributed by atoms with Gasteiger partial charge in [-0.15, -0.1) is 0 Å². The molecule has 0 atom stereocenters. The number of esters is 4. The summed E-state index contributed by atoms with van der Waals surface area (Å²) in [5.41, 5.74) is 3.38. The van der Waals surface area contributed by atoms with Gasteiger partial charge in [0.25, 0.3) is 0 Å². The Morgan fingerprint density at radius 3 is 0.878 bits per heavy atom. The Bertz CT molecular complexity index is 1260. The predicted molar refractivity (Wildman–Crippen MR) is 195 cm³/mol. The zero-order chi connectivity index (χ0) is 34.6. The first-order valence-corrected chi connectivity index (χ1v) is 20.3. The molecule has 4 rings (SSSR count). The van der Waals surface area contributed by atoms with Crippen LogP contribution in [0.3, 0.4) is 0 Å². The highest BCUT2D eigenvalue weighted by molar-refractivity contribution is 7.08. The molecule has 0 fully saturated rings. The summed E-state index contributed by atoms with van der Waals surface area (Å²) in [6.45, 7) is -0.957. The fourth-order valence-electron chi connectivity index (χ4n) is 4.96. The quantitative estimate of drug-likeness (QED) is 0.0520. The zero-order valence-electron chi connectivity index (χ0n) is 27.6. The lowest BCUT2D eigenvalue weighted by molar-refractivity contribution is -0.170. The molecule has 0 aliphatic heterocycles. The first-order valence-electron chi connectivity index (χ1n) is 16.6. The summed E-state index contributed by atoms with van der Waals surface area (Å²) in [6.07, 6.45) is 6.21. The molecular formula is C37H44O8S4. The van der Waals surface area contributed by atoms with Crippen LogP contribution in [0.25, 0.3) is 0 Å². The largest absolute Gasteiger partial charge is 0.465 e. The van der Waals surface area contributed by atoms with Crippen LogP contribution in [0.4, 0.5) is 0 Å². The van der Waals surface area contributed by atoms with Crippen LogP contribution < -0.4 is 0 Å². The Hall–Kier alpha value is -3.32. The van der Waals surface area contributed by atoms with Crippen molar-refractivity contribution in [3.05, 3.63) is 89.6 Å². The van der Waals surface area contributed by atoms with E-state index in [2.05, 4.69) is 21.5 Å². The summed E-state index contributed by atoms with van der Waals surface area (Å²) in [6, 6.07) is 8.11. The first kappa shape index (κ1) is 38.5. The van der Waals surface area contributed by atoms with Gasteiger partial charge in [-0.2, -0.15) is 45.3 Å². The molecule has 0 spiro atoms. The first-order chi connectivity index (χ1) is 23.9. The van der Waals surface area contributed by atoms with Crippen molar-refractivity contribution in [2.75, 3.05) is 26.4 Å². The molecule has 0 bridgehead atoms. The molecule has 264 valence electrons. The molecule has 4 aromatic heterocycles. The maximum atomic E-state index is 12.9. The molecule has 0 aliphatic rings. The van der Waals surface area contributed by atoms with Crippen molar-refractivity contribution >= 4 is 69.2 Å². The number of carbonyl (C=O) groups is 4. The average Bonchev–Trinajstić information content (AvgIpc) is 3.94. The smallest absolute Gasteiger partial charge is 0.305 e. The number of hydrogen-bond donors (Lipinski definition) is 0. The van der Waals surface area contributed by atoms with Crippen LogP contribution in [-0.4, -0.2) is 50.3 Å². The zero-order valence-corrected chi connectivity index (χ0v) is 30.9. The monoisotopic (exact) mass is 744 g/mol. The second-order valence-corrected chi connectivity index (χ2v) is 15.2. The lowest BCUT2D eigenvalue weighted by atomic mass is 9.92.